The molecule has 3 aromatic rings. The van der Waals surface area contributed by atoms with Crippen LogP contribution in [0.2, 0.25) is 0 Å². The summed E-state index contributed by atoms with van der Waals surface area (Å²) in [4.78, 5) is 21.3. The summed E-state index contributed by atoms with van der Waals surface area (Å²) in [5.41, 5.74) is 2.58. The number of sulfone groups is 1. The van der Waals surface area contributed by atoms with Gasteiger partial charge < -0.3 is 20.3 Å². The monoisotopic (exact) mass is 646 g/mol. The lowest BCUT2D eigenvalue weighted by atomic mass is 9.86. The van der Waals surface area contributed by atoms with Crippen molar-refractivity contribution in [1.82, 2.24) is 24.6 Å². The van der Waals surface area contributed by atoms with E-state index in [9.17, 15) is 31.6 Å². The van der Waals surface area contributed by atoms with Crippen LogP contribution in [0.1, 0.15) is 62.1 Å². The van der Waals surface area contributed by atoms with Crippen molar-refractivity contribution in [2.24, 2.45) is 7.05 Å². The molecule has 2 aromatic heterocycles. The van der Waals surface area contributed by atoms with Gasteiger partial charge in [0.15, 0.2) is 5.82 Å². The van der Waals surface area contributed by atoms with E-state index in [0.717, 1.165) is 28.9 Å². The highest BCUT2D eigenvalue weighted by atomic mass is 32.2. The molecule has 1 aliphatic heterocycles. The van der Waals surface area contributed by atoms with Crippen molar-refractivity contribution in [1.29, 1.82) is 5.26 Å². The third-order valence-corrected chi connectivity index (χ3v) is 9.83. The number of piperidine rings is 1. The highest BCUT2D eigenvalue weighted by Gasteiger charge is 2.43. The first kappa shape index (κ1) is 32.0. The van der Waals surface area contributed by atoms with E-state index in [2.05, 4.69) is 25.7 Å². The summed E-state index contributed by atoms with van der Waals surface area (Å²) in [6.45, 7) is 5.00. The number of alkyl halides is 3. The lowest BCUT2D eigenvalue weighted by Crippen LogP contribution is -2.45. The number of halogens is 3. The maximum absolute atomic E-state index is 12.9. The summed E-state index contributed by atoms with van der Waals surface area (Å²) < 4.78 is 72.1. The van der Waals surface area contributed by atoms with Crippen LogP contribution in [0.15, 0.2) is 29.6 Å². The van der Waals surface area contributed by atoms with Crippen molar-refractivity contribution in [2.75, 3.05) is 23.7 Å². The van der Waals surface area contributed by atoms with Crippen molar-refractivity contribution in [3.8, 4) is 11.8 Å². The zero-order chi connectivity index (χ0) is 32.7. The Labute approximate surface area is 258 Å². The number of carbonyl (C=O) groups is 1. The molecule has 240 valence electrons. The van der Waals surface area contributed by atoms with Gasteiger partial charge >= 0.3 is 12.1 Å². The summed E-state index contributed by atoms with van der Waals surface area (Å²) in [5, 5.41) is 19.0. The number of hydrogen-bond donors (Lipinski definition) is 2. The molecule has 0 atom stereocenters. The Balaban J connectivity index is 1.41. The largest absolute Gasteiger partial charge is 0.488 e. The number of benzene rings is 1. The van der Waals surface area contributed by atoms with E-state index < -0.39 is 27.2 Å². The van der Waals surface area contributed by atoms with Gasteiger partial charge in [-0.1, -0.05) is 0 Å². The van der Waals surface area contributed by atoms with Crippen molar-refractivity contribution < 1.29 is 31.1 Å². The lowest BCUT2D eigenvalue weighted by Gasteiger charge is -2.33. The molecule has 16 heteroatoms. The van der Waals surface area contributed by atoms with Crippen LogP contribution in [0.4, 0.5) is 36.3 Å². The Morgan fingerprint density at radius 2 is 1.82 bits per heavy atom. The minimum absolute atomic E-state index is 0.00719. The highest BCUT2D eigenvalue weighted by Crippen LogP contribution is 2.40. The fourth-order valence-electron chi connectivity index (χ4n) is 5.13. The number of carbonyl (C=O) groups excluding carboxylic acids is 1. The second kappa shape index (κ2) is 12.2. The Bertz CT molecular complexity index is 1760. The predicted octanol–water partition coefficient (Wildman–Crippen LogP) is 4.87. The number of ether oxygens (including phenoxy) is 1. The average molecular weight is 647 g/mol. The van der Waals surface area contributed by atoms with Crippen LogP contribution in [-0.2, 0) is 21.7 Å². The molecule has 1 amide bonds. The van der Waals surface area contributed by atoms with Crippen LogP contribution in [-0.4, -0.2) is 69.6 Å². The average Bonchev–Trinajstić information content (AvgIpc) is 3.72. The Morgan fingerprint density at radius 1 is 1.13 bits per heavy atom. The molecule has 1 saturated heterocycles. The van der Waals surface area contributed by atoms with Crippen LogP contribution in [0.3, 0.4) is 0 Å². The molecule has 3 heterocycles. The summed E-state index contributed by atoms with van der Waals surface area (Å²) >= 11 is 0. The minimum Gasteiger partial charge on any atom is -0.488 e. The van der Waals surface area contributed by atoms with Gasteiger partial charge in [-0.3, -0.25) is 9.48 Å². The van der Waals surface area contributed by atoms with Gasteiger partial charge in [0.2, 0.25) is 20.8 Å². The second-order valence-corrected chi connectivity index (χ2v) is 13.9. The minimum atomic E-state index is -4.89. The maximum Gasteiger partial charge on any atom is 0.471 e. The molecule has 2 N–H and O–H groups in total. The number of nitrogens with zero attached hydrogens (tertiary/aromatic N) is 6. The molecule has 1 saturated carbocycles. The summed E-state index contributed by atoms with van der Waals surface area (Å²) in [7, 11) is -2.17. The molecular weight excluding hydrogens is 613 g/mol. The summed E-state index contributed by atoms with van der Waals surface area (Å²) in [6.07, 6.45) is 0.463. The molecule has 5 rings (SSSR count). The van der Waals surface area contributed by atoms with Gasteiger partial charge in [-0.05, 0) is 75.6 Å². The first-order valence-electron chi connectivity index (χ1n) is 14.4. The Kier molecular flexibility index (Phi) is 8.67. The van der Waals surface area contributed by atoms with Gasteiger partial charge in [0.1, 0.15) is 17.4 Å². The molecule has 0 unspecified atom stereocenters. The predicted molar refractivity (Wildman–Crippen MR) is 158 cm³/mol. The van der Waals surface area contributed by atoms with Crippen molar-refractivity contribution in [3.63, 3.8) is 0 Å². The van der Waals surface area contributed by atoms with Gasteiger partial charge in [-0.2, -0.15) is 28.5 Å². The standard InChI is InChI=1S/C29H33F3N8O4S/c1-16(2)45(42,43)26-23(15-39(4)38-26)35-25-19(13-33)14-34-28(37-25)36-22-11-17(3)21(12-24(22)44-20-5-6-20)18-7-9-40(10-8-18)27(41)29(30,31)32/h11-12,14-16,18,20H,5-10H2,1-4H3,(H2,34,35,36,37). The number of nitrogens with one attached hydrogen (secondary N) is 2. The van der Waals surface area contributed by atoms with Gasteiger partial charge in [-0.15, -0.1) is 0 Å². The summed E-state index contributed by atoms with van der Waals surface area (Å²) in [5.74, 6) is -1.17. The number of amides is 1. The zero-order valence-corrected chi connectivity index (χ0v) is 26.0. The first-order valence-corrected chi connectivity index (χ1v) is 16.0. The number of rotatable bonds is 9. The number of hydrogen-bond acceptors (Lipinski definition) is 10. The van der Waals surface area contributed by atoms with E-state index in [1.165, 1.54) is 17.1 Å². The normalized spacial score (nSPS) is 16.0. The van der Waals surface area contributed by atoms with Crippen molar-refractivity contribution in [2.45, 2.75) is 74.9 Å². The van der Waals surface area contributed by atoms with Crippen molar-refractivity contribution in [3.05, 3.63) is 41.2 Å². The fraction of sp³-hybridized carbons (Fsp3) is 0.483. The zero-order valence-electron chi connectivity index (χ0n) is 25.1. The molecule has 45 heavy (non-hydrogen) atoms. The van der Waals surface area contributed by atoms with Crippen LogP contribution in [0.5, 0.6) is 5.75 Å². The van der Waals surface area contributed by atoms with E-state index in [4.69, 9.17) is 4.74 Å². The molecule has 12 nitrogen and oxygen atoms in total. The van der Waals surface area contributed by atoms with Gasteiger partial charge in [-0.25, -0.2) is 13.4 Å². The maximum atomic E-state index is 12.9. The van der Waals surface area contributed by atoms with E-state index in [0.29, 0.717) is 24.3 Å². The third-order valence-electron chi connectivity index (χ3n) is 7.74. The van der Waals surface area contributed by atoms with E-state index in [1.807, 2.05) is 25.1 Å². The number of aromatic nitrogens is 4. The molecule has 0 radical (unpaired) electrons. The van der Waals surface area contributed by atoms with Crippen LogP contribution < -0.4 is 15.4 Å². The number of anilines is 4. The molecule has 2 fully saturated rings. The van der Waals surface area contributed by atoms with Gasteiger partial charge in [0, 0.05) is 26.3 Å². The molecule has 1 aromatic carbocycles. The number of likely N-dealkylation sites (tertiary alicyclic amines) is 1. The summed E-state index contributed by atoms with van der Waals surface area (Å²) in [6, 6.07) is 5.74. The van der Waals surface area contributed by atoms with E-state index in [-0.39, 0.29) is 53.2 Å². The van der Waals surface area contributed by atoms with Gasteiger partial charge in [0.05, 0.1) is 28.9 Å². The topological polar surface area (TPSA) is 155 Å². The third kappa shape index (κ3) is 6.98. The molecule has 2 aliphatic rings. The van der Waals surface area contributed by atoms with Crippen LogP contribution in [0, 0.1) is 18.3 Å². The van der Waals surface area contributed by atoms with E-state index in [1.54, 1.807) is 20.9 Å². The Hall–Kier alpha value is -4.39. The molecular formula is C29H33F3N8O4S. The van der Waals surface area contributed by atoms with Gasteiger partial charge in [0.25, 0.3) is 0 Å². The van der Waals surface area contributed by atoms with E-state index >= 15 is 0 Å². The second-order valence-electron chi connectivity index (χ2n) is 11.5. The molecule has 1 aliphatic carbocycles. The number of aryl methyl sites for hydroxylation is 2. The quantitative estimate of drug-likeness (QED) is 0.329. The first-order chi connectivity index (χ1) is 21.2. The van der Waals surface area contributed by atoms with Crippen LogP contribution in [0.25, 0.3) is 0 Å². The van der Waals surface area contributed by atoms with Crippen molar-refractivity contribution >= 4 is 38.9 Å². The molecule has 0 spiro atoms. The SMILES string of the molecule is Cc1cc(Nc2ncc(C#N)c(Nc3cn(C)nc3S(=O)(=O)C(C)C)n2)c(OC2CC2)cc1C1CCN(C(=O)C(F)(F)F)CC1. The highest BCUT2D eigenvalue weighted by molar-refractivity contribution is 7.92. The number of nitriles is 1. The smallest absolute Gasteiger partial charge is 0.471 e. The Morgan fingerprint density at radius 3 is 2.42 bits per heavy atom. The lowest BCUT2D eigenvalue weighted by molar-refractivity contribution is -0.186. The fourth-order valence-corrected chi connectivity index (χ4v) is 6.23. The van der Waals surface area contributed by atoms with Crippen LogP contribution >= 0.6 is 0 Å². The molecule has 0 bridgehead atoms.